The third-order valence-corrected chi connectivity index (χ3v) is 13.1. The van der Waals surface area contributed by atoms with Gasteiger partial charge in [0.1, 0.15) is 16.9 Å². The molecule has 0 aliphatic carbocycles. The molecule has 0 bridgehead atoms. The molecular weight excluding hydrogens is 1000 g/mol. The summed E-state index contributed by atoms with van der Waals surface area (Å²) >= 11 is 0. The number of para-hydroxylation sites is 2. The number of phenols is 1. The van der Waals surface area contributed by atoms with Crippen molar-refractivity contribution in [2.45, 2.75) is 59.3 Å². The molecule has 0 spiro atoms. The molecule has 0 aliphatic heterocycles. The second-order valence-electron chi connectivity index (χ2n) is 19.6. The molecule has 6 heteroatoms. The van der Waals surface area contributed by atoms with Crippen LogP contribution in [0.3, 0.4) is 0 Å². The molecular formula is C61H50N3O2Pt-. The number of rotatable bonds is 6. The molecule has 0 atom stereocenters. The van der Waals surface area contributed by atoms with E-state index in [0.717, 1.165) is 88.5 Å². The Morgan fingerprint density at radius 2 is 1.24 bits per heavy atom. The van der Waals surface area contributed by atoms with Crippen molar-refractivity contribution in [2.75, 3.05) is 0 Å². The van der Waals surface area contributed by atoms with E-state index in [1.165, 1.54) is 16.7 Å². The van der Waals surface area contributed by atoms with Crippen molar-refractivity contribution in [2.24, 2.45) is 0 Å². The zero-order valence-corrected chi connectivity index (χ0v) is 41.0. The van der Waals surface area contributed by atoms with Crippen molar-refractivity contribution in [3.05, 3.63) is 193 Å². The minimum atomic E-state index is -0.114. The number of furan rings is 1. The predicted molar refractivity (Wildman–Crippen MR) is 273 cm³/mol. The van der Waals surface area contributed by atoms with Crippen LogP contribution in [-0.2, 0) is 31.9 Å². The van der Waals surface area contributed by atoms with Gasteiger partial charge in [-0.2, -0.15) is 0 Å². The average molecular weight is 1050 g/mol. The first kappa shape index (κ1) is 43.8. The molecule has 1 N–H and O–H groups in total. The maximum Gasteiger partial charge on any atom is 0.147 e. The molecule has 8 aromatic carbocycles. The molecule has 67 heavy (non-hydrogen) atoms. The molecule has 11 aromatic rings. The van der Waals surface area contributed by atoms with E-state index < -0.39 is 0 Å². The summed E-state index contributed by atoms with van der Waals surface area (Å²) in [7, 11) is 0. The van der Waals surface area contributed by atoms with E-state index in [1.54, 1.807) is 6.07 Å². The Morgan fingerprint density at radius 3 is 1.99 bits per heavy atom. The van der Waals surface area contributed by atoms with Crippen LogP contribution in [-0.4, -0.2) is 19.6 Å². The van der Waals surface area contributed by atoms with E-state index in [1.807, 2.05) is 36.5 Å². The number of aromatic nitrogens is 3. The van der Waals surface area contributed by atoms with E-state index in [4.69, 9.17) is 14.4 Å². The van der Waals surface area contributed by atoms with Crippen LogP contribution in [0.2, 0.25) is 0 Å². The average Bonchev–Trinajstić information content (AvgIpc) is 3.90. The molecule has 11 rings (SSSR count). The van der Waals surface area contributed by atoms with Gasteiger partial charge in [0, 0.05) is 60.4 Å². The molecule has 3 aromatic heterocycles. The van der Waals surface area contributed by atoms with Crippen LogP contribution in [0, 0.1) is 13.0 Å². The van der Waals surface area contributed by atoms with Crippen LogP contribution in [0.5, 0.6) is 5.75 Å². The smallest absolute Gasteiger partial charge is 0.147 e. The number of benzene rings is 8. The fourth-order valence-electron chi connectivity index (χ4n) is 9.47. The van der Waals surface area contributed by atoms with Gasteiger partial charge in [0.25, 0.3) is 0 Å². The Morgan fingerprint density at radius 1 is 0.552 bits per heavy atom. The van der Waals surface area contributed by atoms with Crippen molar-refractivity contribution >= 4 is 43.9 Å². The minimum absolute atomic E-state index is 0. The van der Waals surface area contributed by atoms with E-state index >= 15 is 0 Å². The van der Waals surface area contributed by atoms with Gasteiger partial charge in [-0.1, -0.05) is 167 Å². The molecule has 5 nitrogen and oxygen atoms in total. The van der Waals surface area contributed by atoms with Gasteiger partial charge >= 0.3 is 0 Å². The maximum absolute atomic E-state index is 11.9. The van der Waals surface area contributed by atoms with Gasteiger partial charge in [0.2, 0.25) is 0 Å². The number of phenolic OH excluding ortho intramolecular Hbond substituents is 1. The second-order valence-corrected chi connectivity index (χ2v) is 19.6. The van der Waals surface area contributed by atoms with Crippen LogP contribution in [0.25, 0.3) is 105 Å². The van der Waals surface area contributed by atoms with Crippen molar-refractivity contribution in [3.63, 3.8) is 0 Å². The van der Waals surface area contributed by atoms with Crippen LogP contribution < -0.4 is 0 Å². The third kappa shape index (κ3) is 7.66. The Bertz CT molecular complexity index is 3680. The minimum Gasteiger partial charge on any atom is -0.507 e. The first-order chi connectivity index (χ1) is 31.8. The van der Waals surface area contributed by atoms with Crippen LogP contribution in [0.15, 0.2) is 174 Å². The molecule has 3 heterocycles. The van der Waals surface area contributed by atoms with Gasteiger partial charge in [-0.05, 0) is 93.4 Å². The van der Waals surface area contributed by atoms with Gasteiger partial charge < -0.3 is 14.1 Å². The SMILES string of the molecule is Cc1ccnc2c(-c3[c-]c(-c4nc5c(-c6c(O)ccc7c6oc6ccccc67)cccc5n4-c4ccc(C(C)(C)C)cc4-c4ccccc4)cc(-c4ccccc4)c3)cc(C(C)(C)C)cc12.[Pt]. The van der Waals surface area contributed by atoms with E-state index in [-0.39, 0.29) is 37.6 Å². The van der Waals surface area contributed by atoms with Crippen molar-refractivity contribution < 1.29 is 30.6 Å². The number of aryl methyl sites for hydroxylation is 1. The summed E-state index contributed by atoms with van der Waals surface area (Å²) in [5.41, 5.74) is 16.8. The van der Waals surface area contributed by atoms with Crippen LogP contribution in [0.4, 0.5) is 0 Å². The zero-order chi connectivity index (χ0) is 45.5. The van der Waals surface area contributed by atoms with Gasteiger partial charge in [-0.15, -0.1) is 23.8 Å². The summed E-state index contributed by atoms with van der Waals surface area (Å²) in [5, 5.41) is 14.9. The first-order valence-corrected chi connectivity index (χ1v) is 22.7. The molecule has 0 saturated carbocycles. The van der Waals surface area contributed by atoms with Gasteiger partial charge in [-0.25, -0.2) is 0 Å². The number of hydrogen-bond donors (Lipinski definition) is 1. The molecule has 0 radical (unpaired) electrons. The van der Waals surface area contributed by atoms with Crippen molar-refractivity contribution in [1.29, 1.82) is 0 Å². The Balaban J connectivity index is 0.00000525. The fourth-order valence-corrected chi connectivity index (χ4v) is 9.47. The van der Waals surface area contributed by atoms with Gasteiger partial charge in [0.15, 0.2) is 0 Å². The Kier molecular flexibility index (Phi) is 10.9. The summed E-state index contributed by atoms with van der Waals surface area (Å²) in [6.07, 6.45) is 1.91. The predicted octanol–water partition coefficient (Wildman–Crippen LogP) is 16.2. The summed E-state index contributed by atoms with van der Waals surface area (Å²) < 4.78 is 8.89. The third-order valence-electron chi connectivity index (χ3n) is 13.1. The largest absolute Gasteiger partial charge is 0.507 e. The topological polar surface area (TPSA) is 64.1 Å². The van der Waals surface area contributed by atoms with Gasteiger partial charge in [-0.3, -0.25) is 9.97 Å². The Hall–Kier alpha value is -7.07. The van der Waals surface area contributed by atoms with E-state index in [2.05, 4.69) is 186 Å². The molecule has 0 unspecified atom stereocenters. The Labute approximate surface area is 406 Å². The van der Waals surface area contributed by atoms with Crippen LogP contribution >= 0.6 is 0 Å². The molecule has 0 aliphatic rings. The van der Waals surface area contributed by atoms with Crippen molar-refractivity contribution in [3.8, 4) is 67.3 Å². The number of hydrogen-bond acceptors (Lipinski definition) is 4. The number of nitrogens with zero attached hydrogens (tertiary/aromatic N) is 3. The molecule has 0 saturated heterocycles. The summed E-state index contributed by atoms with van der Waals surface area (Å²) in [5.74, 6) is 0.840. The van der Waals surface area contributed by atoms with Crippen LogP contribution in [0.1, 0.15) is 58.2 Å². The summed E-state index contributed by atoms with van der Waals surface area (Å²) in [4.78, 5) is 10.7. The first-order valence-electron chi connectivity index (χ1n) is 22.7. The normalized spacial score (nSPS) is 12.0. The number of pyridine rings is 1. The standard InChI is InChI=1S/C61H50N3O2.Pt/c1-37-29-30-62-56-48(37)35-44(61(5,6)7)36-50(56)41-31-40(38-17-10-8-11-18-38)32-42(33-41)59-63-57-47(55-53(65)28-26-46-45-21-14-15-24-54(45)66-58(46)55)22-16-23-52(57)64(59)51-27-25-43(60(2,3)4)34-49(51)39-19-12-9-13-20-39;/h8-32,34-36,65H,1-7H3;/q-1;. The fraction of sp³-hybridized carbons (Fsp3) is 0.148. The number of aromatic hydroxyl groups is 1. The second kappa shape index (κ2) is 16.7. The maximum atomic E-state index is 11.9. The van der Waals surface area contributed by atoms with Crippen molar-refractivity contribution in [1.82, 2.24) is 14.5 Å². The zero-order valence-electron chi connectivity index (χ0n) is 38.7. The van der Waals surface area contributed by atoms with Gasteiger partial charge in [0.05, 0.1) is 22.4 Å². The number of fused-ring (bicyclic) bond motifs is 5. The monoisotopic (exact) mass is 1050 g/mol. The summed E-state index contributed by atoms with van der Waals surface area (Å²) in [6.45, 7) is 15.7. The molecule has 332 valence electrons. The number of imidazole rings is 1. The summed E-state index contributed by atoms with van der Waals surface area (Å²) in [6, 6.07) is 61.1. The molecule has 0 fully saturated rings. The quantitative estimate of drug-likeness (QED) is 0.169. The molecule has 0 amide bonds. The van der Waals surface area contributed by atoms with E-state index in [0.29, 0.717) is 17.0 Å². The van der Waals surface area contributed by atoms with E-state index in [9.17, 15) is 5.11 Å².